The lowest BCUT2D eigenvalue weighted by molar-refractivity contribution is 0.0597. The predicted octanol–water partition coefficient (Wildman–Crippen LogP) is 0.328. The summed E-state index contributed by atoms with van der Waals surface area (Å²) in [7, 11) is -9.97. The van der Waals surface area contributed by atoms with Gasteiger partial charge in [-0.25, -0.2) is 0 Å². The van der Waals surface area contributed by atoms with Gasteiger partial charge in [0.05, 0.1) is 11.1 Å². The third-order valence-corrected chi connectivity index (χ3v) is 8.04. The van der Waals surface area contributed by atoms with Gasteiger partial charge in [-0.2, -0.15) is 0 Å². The Kier molecular flexibility index (Phi) is 4.87. The molecule has 0 fully saturated rings. The molecule has 1 aliphatic heterocycles. The Hall–Kier alpha value is -1.38. The first kappa shape index (κ1) is 19.0. The van der Waals surface area contributed by atoms with Crippen molar-refractivity contribution < 1.29 is 43.0 Å². The maximum absolute atomic E-state index is 12.2. The Bertz CT molecular complexity index is 753. The predicted molar refractivity (Wildman–Crippen MR) is 80.3 cm³/mol. The third-order valence-electron chi connectivity index (χ3n) is 3.72. The zero-order valence-corrected chi connectivity index (χ0v) is 14.2. The van der Waals surface area contributed by atoms with Crippen LogP contribution in [-0.2, 0) is 13.7 Å². The summed E-state index contributed by atoms with van der Waals surface area (Å²) in [5.41, 5.74) is 0.197. The highest BCUT2D eigenvalue weighted by molar-refractivity contribution is 7.72. The number of carbonyl (C=O) groups is 2. The number of hydrogen-bond donors (Lipinski definition) is 4. The lowest BCUT2D eigenvalue weighted by Crippen LogP contribution is -2.38. The normalized spacial score (nSPS) is 19.8. The van der Waals surface area contributed by atoms with E-state index in [-0.39, 0.29) is 11.1 Å². The second-order valence-electron chi connectivity index (χ2n) is 5.08. The highest BCUT2D eigenvalue weighted by atomic mass is 31.2. The van der Waals surface area contributed by atoms with E-state index in [9.17, 15) is 38.5 Å². The van der Waals surface area contributed by atoms with Crippen LogP contribution in [0, 0.1) is 0 Å². The summed E-state index contributed by atoms with van der Waals surface area (Å²) in [6.45, 7) is -0.679. The van der Waals surface area contributed by atoms with Crippen molar-refractivity contribution in [1.82, 2.24) is 4.90 Å². The summed E-state index contributed by atoms with van der Waals surface area (Å²) in [6.07, 6.45) is -1.04. The number of carbonyl (C=O) groups excluding carboxylic acids is 2. The maximum Gasteiger partial charge on any atom is 0.371 e. The largest absolute Gasteiger partial charge is 0.371 e. The zero-order chi connectivity index (χ0) is 18.3. The van der Waals surface area contributed by atoms with Crippen LogP contribution in [0.1, 0.15) is 27.1 Å². The number of rotatable bonds is 6. The van der Waals surface area contributed by atoms with Gasteiger partial charge in [0.1, 0.15) is 0 Å². The maximum atomic E-state index is 12.2. The summed E-state index contributed by atoms with van der Waals surface area (Å²) in [5.74, 6) is -1.46. The fourth-order valence-corrected chi connectivity index (χ4v) is 4.93. The van der Waals surface area contributed by atoms with E-state index in [0.29, 0.717) is 12.0 Å². The van der Waals surface area contributed by atoms with Crippen LogP contribution in [0.25, 0.3) is 0 Å². The van der Waals surface area contributed by atoms with E-state index in [1.807, 2.05) is 0 Å². The van der Waals surface area contributed by atoms with Gasteiger partial charge in [-0.15, -0.1) is 0 Å². The molecule has 12 heteroatoms. The molecular weight excluding hydrogens is 364 g/mol. The number of amides is 2. The molecule has 2 amide bonds. The van der Waals surface area contributed by atoms with Gasteiger partial charge in [0.15, 0.2) is 0 Å². The summed E-state index contributed by atoms with van der Waals surface area (Å²) >= 11 is 0. The Morgan fingerprint density at radius 1 is 1.08 bits per heavy atom. The first-order chi connectivity index (χ1) is 11.0. The van der Waals surface area contributed by atoms with Crippen molar-refractivity contribution in [3.63, 3.8) is 0 Å². The van der Waals surface area contributed by atoms with E-state index in [4.69, 9.17) is 0 Å². The van der Waals surface area contributed by atoms with Gasteiger partial charge in [0.25, 0.3) is 16.9 Å². The number of nitrogens with zero attached hydrogens (tertiary/aromatic N) is 1. The summed E-state index contributed by atoms with van der Waals surface area (Å²) in [6, 6.07) is 5.87. The van der Waals surface area contributed by atoms with Crippen LogP contribution >= 0.6 is 15.2 Å². The molecule has 0 aliphatic carbocycles. The fraction of sp³-hybridized carbons (Fsp3) is 0.333. The SMILES string of the molecule is COP(=O)(O)C(O)(CCN1C(=O)c2ccccc2C1=O)P(=O)(O)O. The van der Waals surface area contributed by atoms with E-state index in [1.54, 1.807) is 0 Å². The van der Waals surface area contributed by atoms with Gasteiger partial charge in [-0.3, -0.25) is 23.6 Å². The van der Waals surface area contributed by atoms with E-state index < -0.39 is 45.1 Å². The molecule has 0 bridgehead atoms. The zero-order valence-electron chi connectivity index (χ0n) is 12.4. The molecule has 0 spiro atoms. The minimum atomic E-state index is -5.53. The molecule has 1 heterocycles. The number of fused-ring (bicyclic) bond motifs is 1. The highest BCUT2D eigenvalue weighted by Gasteiger charge is 2.60. The summed E-state index contributed by atoms with van der Waals surface area (Å²) < 4.78 is 27.5. The van der Waals surface area contributed by atoms with Gasteiger partial charge in [-0.05, 0) is 12.1 Å². The van der Waals surface area contributed by atoms with Crippen LogP contribution in [0.3, 0.4) is 0 Å². The van der Waals surface area contributed by atoms with Crippen LogP contribution < -0.4 is 0 Å². The first-order valence-electron chi connectivity index (χ1n) is 6.58. The lowest BCUT2D eigenvalue weighted by atomic mass is 10.1. The second kappa shape index (κ2) is 6.16. The Morgan fingerprint density at radius 2 is 1.54 bits per heavy atom. The monoisotopic (exact) mass is 379 g/mol. The Labute approximate surface area is 136 Å². The van der Waals surface area contributed by atoms with E-state index in [2.05, 4.69) is 4.52 Å². The van der Waals surface area contributed by atoms with E-state index in [0.717, 1.165) is 0 Å². The number of benzene rings is 1. The first-order valence-corrected chi connectivity index (χ1v) is 9.77. The molecule has 2 atom stereocenters. The van der Waals surface area contributed by atoms with Crippen molar-refractivity contribution in [3.8, 4) is 0 Å². The van der Waals surface area contributed by atoms with Crippen LogP contribution in [0.5, 0.6) is 0 Å². The van der Waals surface area contributed by atoms with Crippen molar-refractivity contribution >= 4 is 27.0 Å². The number of aliphatic hydroxyl groups is 1. The number of hydrogen-bond acceptors (Lipinski definition) is 6. The van der Waals surface area contributed by atoms with Crippen LogP contribution in [-0.4, -0.2) is 55.2 Å². The fourth-order valence-electron chi connectivity index (χ4n) is 2.30. The van der Waals surface area contributed by atoms with Crippen molar-refractivity contribution in [2.24, 2.45) is 0 Å². The average Bonchev–Trinajstić information content (AvgIpc) is 2.76. The van der Waals surface area contributed by atoms with Gasteiger partial charge < -0.3 is 24.3 Å². The molecule has 2 unspecified atom stereocenters. The molecule has 2 rings (SSSR count). The van der Waals surface area contributed by atoms with Gasteiger partial charge in [-0.1, -0.05) is 12.1 Å². The molecule has 132 valence electrons. The van der Waals surface area contributed by atoms with Crippen LogP contribution in [0.15, 0.2) is 24.3 Å². The summed E-state index contributed by atoms with van der Waals surface area (Å²) in [4.78, 5) is 53.0. The van der Waals surface area contributed by atoms with Gasteiger partial charge >= 0.3 is 15.2 Å². The third kappa shape index (κ3) is 2.87. The molecule has 0 radical (unpaired) electrons. The topological polar surface area (TPSA) is 162 Å². The molecule has 1 aliphatic rings. The standard InChI is InChI=1S/C12H15NO9P2/c1-22-24(20,21)12(16,23(17,18)19)6-7-13-10(14)8-4-2-3-5-9(8)11(13)15/h2-5,16H,6-7H2,1H3,(H,20,21)(H2,17,18,19). The molecule has 0 aromatic heterocycles. The van der Waals surface area contributed by atoms with E-state index in [1.165, 1.54) is 24.3 Å². The van der Waals surface area contributed by atoms with Crippen molar-refractivity contribution in [2.75, 3.05) is 13.7 Å². The minimum absolute atomic E-state index is 0.0983. The van der Waals surface area contributed by atoms with Crippen molar-refractivity contribution in [2.45, 2.75) is 11.5 Å². The van der Waals surface area contributed by atoms with Gasteiger partial charge in [0, 0.05) is 20.1 Å². The molecule has 4 N–H and O–H groups in total. The molecule has 1 aromatic carbocycles. The average molecular weight is 379 g/mol. The van der Waals surface area contributed by atoms with Crippen LogP contribution in [0.2, 0.25) is 0 Å². The summed E-state index contributed by atoms with van der Waals surface area (Å²) in [5, 5.41) is 6.63. The van der Waals surface area contributed by atoms with E-state index >= 15 is 0 Å². The molecule has 24 heavy (non-hydrogen) atoms. The van der Waals surface area contributed by atoms with Crippen molar-refractivity contribution in [1.29, 1.82) is 0 Å². The Balaban J connectivity index is 2.30. The minimum Gasteiger partial charge on any atom is -0.367 e. The quantitative estimate of drug-likeness (QED) is 0.403. The highest BCUT2D eigenvalue weighted by Crippen LogP contribution is 2.71. The number of imide groups is 1. The molecule has 0 saturated carbocycles. The van der Waals surface area contributed by atoms with Crippen LogP contribution in [0.4, 0.5) is 0 Å². The van der Waals surface area contributed by atoms with Gasteiger partial charge in [0.2, 0.25) is 0 Å². The smallest absolute Gasteiger partial charge is 0.367 e. The second-order valence-corrected chi connectivity index (χ2v) is 9.41. The lowest BCUT2D eigenvalue weighted by Gasteiger charge is -2.32. The molecule has 10 nitrogen and oxygen atoms in total. The molecular formula is C12H15NO9P2. The molecule has 1 aromatic rings. The Morgan fingerprint density at radius 3 is 1.92 bits per heavy atom. The molecule has 0 saturated heterocycles. The van der Waals surface area contributed by atoms with Crippen molar-refractivity contribution in [3.05, 3.63) is 35.4 Å².